The van der Waals surface area contributed by atoms with Crippen LogP contribution in [0.1, 0.15) is 33.3 Å². The Morgan fingerprint density at radius 1 is 1.25 bits per heavy atom. The number of benzene rings is 1. The SMILES string of the molecule is CCn1ncc2c1Nc1ccccc1N(C(C)(C)C)C2. The summed E-state index contributed by atoms with van der Waals surface area (Å²) in [6.07, 6.45) is 1.98. The fraction of sp³-hybridized carbons (Fsp3) is 0.438. The first-order valence-corrected chi connectivity index (χ1v) is 7.19. The number of hydrogen-bond donors (Lipinski definition) is 1. The molecule has 0 unspecified atom stereocenters. The third kappa shape index (κ3) is 2.05. The molecule has 1 N–H and O–H groups in total. The molecule has 0 fully saturated rings. The summed E-state index contributed by atoms with van der Waals surface area (Å²) in [5.74, 6) is 1.12. The van der Waals surface area contributed by atoms with Crippen LogP contribution < -0.4 is 10.2 Å². The zero-order valence-electron chi connectivity index (χ0n) is 12.6. The van der Waals surface area contributed by atoms with E-state index in [0.717, 1.165) is 24.6 Å². The smallest absolute Gasteiger partial charge is 0.133 e. The van der Waals surface area contributed by atoms with Crippen molar-refractivity contribution >= 4 is 17.2 Å². The minimum atomic E-state index is 0.0632. The van der Waals surface area contributed by atoms with Gasteiger partial charge in [-0.25, -0.2) is 4.68 Å². The molecule has 1 aliphatic rings. The molecule has 106 valence electrons. The second kappa shape index (κ2) is 4.54. The van der Waals surface area contributed by atoms with Crippen LogP contribution in [0.15, 0.2) is 30.5 Å². The van der Waals surface area contributed by atoms with E-state index in [1.54, 1.807) is 0 Å². The van der Waals surface area contributed by atoms with Gasteiger partial charge in [0, 0.05) is 24.2 Å². The summed E-state index contributed by atoms with van der Waals surface area (Å²) in [5, 5.41) is 8.04. The first-order valence-electron chi connectivity index (χ1n) is 7.19. The molecule has 2 heterocycles. The van der Waals surface area contributed by atoms with Gasteiger partial charge in [-0.1, -0.05) is 12.1 Å². The molecule has 0 bridgehead atoms. The summed E-state index contributed by atoms with van der Waals surface area (Å²) in [6, 6.07) is 8.49. The van der Waals surface area contributed by atoms with Gasteiger partial charge in [-0.15, -0.1) is 0 Å². The monoisotopic (exact) mass is 270 g/mol. The first kappa shape index (κ1) is 13.0. The molecule has 20 heavy (non-hydrogen) atoms. The Morgan fingerprint density at radius 2 is 2.00 bits per heavy atom. The van der Waals surface area contributed by atoms with Crippen molar-refractivity contribution in [1.82, 2.24) is 9.78 Å². The van der Waals surface area contributed by atoms with Crippen molar-refractivity contribution in [2.75, 3.05) is 10.2 Å². The molecule has 0 saturated heterocycles. The van der Waals surface area contributed by atoms with Gasteiger partial charge < -0.3 is 10.2 Å². The van der Waals surface area contributed by atoms with Crippen LogP contribution in [-0.4, -0.2) is 15.3 Å². The highest BCUT2D eigenvalue weighted by Gasteiger charge is 2.28. The van der Waals surface area contributed by atoms with Gasteiger partial charge in [-0.2, -0.15) is 5.10 Å². The number of rotatable bonds is 1. The fourth-order valence-corrected chi connectivity index (χ4v) is 2.72. The average Bonchev–Trinajstić information content (AvgIpc) is 2.69. The van der Waals surface area contributed by atoms with Crippen LogP contribution in [0.2, 0.25) is 0 Å². The molecule has 0 atom stereocenters. The number of fused-ring (bicyclic) bond motifs is 2. The maximum atomic E-state index is 4.47. The largest absolute Gasteiger partial charge is 0.360 e. The van der Waals surface area contributed by atoms with E-state index in [9.17, 15) is 0 Å². The van der Waals surface area contributed by atoms with Gasteiger partial charge in [0.05, 0.1) is 17.6 Å². The molecule has 4 nitrogen and oxygen atoms in total. The van der Waals surface area contributed by atoms with Gasteiger partial charge >= 0.3 is 0 Å². The molecule has 2 aromatic rings. The Kier molecular flexibility index (Phi) is 2.96. The second-order valence-corrected chi connectivity index (χ2v) is 6.23. The lowest BCUT2D eigenvalue weighted by atomic mass is 10.0. The maximum absolute atomic E-state index is 4.47. The van der Waals surface area contributed by atoms with Crippen molar-refractivity contribution in [1.29, 1.82) is 0 Å². The van der Waals surface area contributed by atoms with Crippen molar-refractivity contribution in [3.05, 3.63) is 36.0 Å². The number of aryl methyl sites for hydroxylation is 1. The highest BCUT2D eigenvalue weighted by molar-refractivity contribution is 5.78. The Labute approximate surface area is 120 Å². The molecule has 0 saturated carbocycles. The van der Waals surface area contributed by atoms with E-state index in [-0.39, 0.29) is 5.54 Å². The van der Waals surface area contributed by atoms with E-state index < -0.39 is 0 Å². The molecule has 1 aliphatic heterocycles. The molecular formula is C16H22N4. The van der Waals surface area contributed by atoms with Crippen molar-refractivity contribution in [2.45, 2.75) is 46.3 Å². The number of anilines is 3. The van der Waals surface area contributed by atoms with Gasteiger partial charge in [0.25, 0.3) is 0 Å². The number of nitrogens with one attached hydrogen (secondary N) is 1. The lowest BCUT2D eigenvalue weighted by Gasteiger charge is -2.37. The van der Waals surface area contributed by atoms with Gasteiger partial charge in [-0.3, -0.25) is 0 Å². The number of hydrogen-bond acceptors (Lipinski definition) is 3. The Hall–Kier alpha value is -1.97. The van der Waals surface area contributed by atoms with Gasteiger partial charge in [0.2, 0.25) is 0 Å². The third-order valence-corrected chi connectivity index (χ3v) is 3.80. The third-order valence-electron chi connectivity index (χ3n) is 3.80. The van der Waals surface area contributed by atoms with Crippen LogP contribution in [0.3, 0.4) is 0 Å². The number of aromatic nitrogens is 2. The highest BCUT2D eigenvalue weighted by atomic mass is 15.3. The summed E-state index contributed by atoms with van der Waals surface area (Å²) < 4.78 is 2.03. The van der Waals surface area contributed by atoms with E-state index >= 15 is 0 Å². The summed E-state index contributed by atoms with van der Waals surface area (Å²) in [5.41, 5.74) is 3.71. The Morgan fingerprint density at radius 3 is 2.70 bits per heavy atom. The summed E-state index contributed by atoms with van der Waals surface area (Å²) in [6.45, 7) is 10.6. The van der Waals surface area contributed by atoms with Crippen molar-refractivity contribution < 1.29 is 0 Å². The average molecular weight is 270 g/mol. The Bertz CT molecular complexity index is 622. The standard InChI is InChI=1S/C16H22N4/c1-5-20-15-12(10-17-20)11-19(16(2,3)4)14-9-7-6-8-13(14)18-15/h6-10,18H,5,11H2,1-4H3. The zero-order valence-corrected chi connectivity index (χ0v) is 12.6. The molecule has 4 heteroatoms. The van der Waals surface area contributed by atoms with Crippen LogP contribution >= 0.6 is 0 Å². The Balaban J connectivity index is 2.16. The topological polar surface area (TPSA) is 33.1 Å². The number of para-hydroxylation sites is 2. The minimum absolute atomic E-state index is 0.0632. The molecule has 3 rings (SSSR count). The molecule has 0 spiro atoms. The van der Waals surface area contributed by atoms with Crippen LogP contribution in [0.4, 0.5) is 17.2 Å². The normalized spacial score (nSPS) is 14.3. The summed E-state index contributed by atoms with van der Waals surface area (Å²) >= 11 is 0. The molecule has 1 aromatic heterocycles. The zero-order chi connectivity index (χ0) is 14.3. The quantitative estimate of drug-likeness (QED) is 0.856. The summed E-state index contributed by atoms with van der Waals surface area (Å²) in [7, 11) is 0. The predicted octanol–water partition coefficient (Wildman–Crippen LogP) is 3.77. The second-order valence-electron chi connectivity index (χ2n) is 6.23. The van der Waals surface area contributed by atoms with Crippen molar-refractivity contribution in [3.8, 4) is 0 Å². The molecule has 0 aliphatic carbocycles. The summed E-state index contributed by atoms with van der Waals surface area (Å²) in [4.78, 5) is 2.43. The fourth-order valence-electron chi connectivity index (χ4n) is 2.72. The first-order chi connectivity index (χ1) is 9.50. The molecule has 0 radical (unpaired) electrons. The van der Waals surface area contributed by atoms with Crippen molar-refractivity contribution in [2.24, 2.45) is 0 Å². The lowest BCUT2D eigenvalue weighted by Crippen LogP contribution is -2.40. The van der Waals surface area contributed by atoms with Crippen molar-refractivity contribution in [3.63, 3.8) is 0 Å². The van der Waals surface area contributed by atoms with Gasteiger partial charge in [-0.05, 0) is 39.8 Å². The minimum Gasteiger partial charge on any atom is -0.360 e. The van der Waals surface area contributed by atoms with Crippen LogP contribution in [0.25, 0.3) is 0 Å². The predicted molar refractivity (Wildman–Crippen MR) is 83.6 cm³/mol. The van der Waals surface area contributed by atoms with E-state index in [1.807, 2.05) is 10.9 Å². The van der Waals surface area contributed by atoms with E-state index in [1.165, 1.54) is 11.3 Å². The highest BCUT2D eigenvalue weighted by Crippen LogP contribution is 2.38. The van der Waals surface area contributed by atoms with E-state index in [2.05, 4.69) is 67.3 Å². The van der Waals surface area contributed by atoms with E-state index in [4.69, 9.17) is 0 Å². The van der Waals surface area contributed by atoms with Gasteiger partial charge in [0.15, 0.2) is 0 Å². The molecule has 0 amide bonds. The van der Waals surface area contributed by atoms with Gasteiger partial charge in [0.1, 0.15) is 5.82 Å². The molecule has 1 aromatic carbocycles. The lowest BCUT2D eigenvalue weighted by molar-refractivity contribution is 0.503. The maximum Gasteiger partial charge on any atom is 0.133 e. The van der Waals surface area contributed by atoms with Crippen LogP contribution in [0.5, 0.6) is 0 Å². The molecular weight excluding hydrogens is 248 g/mol. The van der Waals surface area contributed by atoms with Crippen LogP contribution in [0, 0.1) is 0 Å². The number of nitrogens with zero attached hydrogens (tertiary/aromatic N) is 3. The van der Waals surface area contributed by atoms with Crippen LogP contribution in [-0.2, 0) is 13.1 Å². The van der Waals surface area contributed by atoms with E-state index in [0.29, 0.717) is 0 Å².